The predicted octanol–water partition coefficient (Wildman–Crippen LogP) is 2.37. The minimum absolute atomic E-state index is 0.269. The number of ether oxygens (including phenoxy) is 2. The molecule has 6 nitrogen and oxygen atoms in total. The fraction of sp³-hybridized carbons (Fsp3) is 0.385. The molecule has 0 saturated heterocycles. The van der Waals surface area contributed by atoms with Gasteiger partial charge in [-0.25, -0.2) is 9.98 Å². The van der Waals surface area contributed by atoms with Gasteiger partial charge in [-0.2, -0.15) is 0 Å². The highest BCUT2D eigenvalue weighted by Crippen LogP contribution is 2.40. The van der Waals surface area contributed by atoms with Gasteiger partial charge in [-0.15, -0.1) is 0 Å². The van der Waals surface area contributed by atoms with E-state index in [9.17, 15) is 0 Å². The zero-order chi connectivity index (χ0) is 14.9. The van der Waals surface area contributed by atoms with Crippen molar-refractivity contribution in [2.45, 2.75) is 19.5 Å². The first-order valence-electron chi connectivity index (χ1n) is 5.99. The average molecular weight is 341 g/mol. The van der Waals surface area contributed by atoms with Gasteiger partial charge < -0.3 is 20.1 Å². The van der Waals surface area contributed by atoms with Crippen molar-refractivity contribution in [2.24, 2.45) is 15.7 Å². The summed E-state index contributed by atoms with van der Waals surface area (Å²) in [6, 6.07) is 3.79. The van der Waals surface area contributed by atoms with Gasteiger partial charge in [0, 0.05) is 11.8 Å². The SMILES string of the molecule is COc1cc(N2C=NC(N)=NC2(C)C)cc(Br)c1OC. The monoisotopic (exact) mass is 340 g/mol. The molecule has 0 aromatic heterocycles. The van der Waals surface area contributed by atoms with Crippen LogP contribution in [0.15, 0.2) is 26.6 Å². The number of benzene rings is 1. The fourth-order valence-electron chi connectivity index (χ4n) is 2.05. The summed E-state index contributed by atoms with van der Waals surface area (Å²) in [5.41, 5.74) is 6.01. The Balaban J connectivity index is 2.49. The highest BCUT2D eigenvalue weighted by molar-refractivity contribution is 9.10. The van der Waals surface area contributed by atoms with Gasteiger partial charge in [-0.1, -0.05) is 0 Å². The van der Waals surface area contributed by atoms with E-state index in [-0.39, 0.29) is 5.96 Å². The van der Waals surface area contributed by atoms with Crippen LogP contribution < -0.4 is 20.1 Å². The van der Waals surface area contributed by atoms with Gasteiger partial charge in [-0.3, -0.25) is 0 Å². The topological polar surface area (TPSA) is 72.4 Å². The van der Waals surface area contributed by atoms with Crippen molar-refractivity contribution in [3.05, 3.63) is 16.6 Å². The summed E-state index contributed by atoms with van der Waals surface area (Å²) in [6.07, 6.45) is 1.66. The molecule has 0 spiro atoms. The van der Waals surface area contributed by atoms with Gasteiger partial charge >= 0.3 is 0 Å². The number of nitrogens with zero attached hydrogens (tertiary/aromatic N) is 3. The summed E-state index contributed by atoms with van der Waals surface area (Å²) in [7, 11) is 3.19. The number of halogens is 1. The fourth-order valence-corrected chi connectivity index (χ4v) is 2.64. The van der Waals surface area contributed by atoms with Crippen LogP contribution in [-0.2, 0) is 0 Å². The standard InChI is InChI=1S/C13H17BrN4O2/c1-13(2)17-12(15)16-7-18(13)8-5-9(14)11(20-4)10(6-8)19-3/h5-7H,1-4H3,(H2,15,17). The number of hydrogen-bond donors (Lipinski definition) is 1. The quantitative estimate of drug-likeness (QED) is 0.916. The lowest BCUT2D eigenvalue weighted by molar-refractivity contribution is 0.353. The maximum absolute atomic E-state index is 5.65. The van der Waals surface area contributed by atoms with E-state index in [1.165, 1.54) is 0 Å². The molecule has 0 atom stereocenters. The van der Waals surface area contributed by atoms with E-state index < -0.39 is 5.66 Å². The highest BCUT2D eigenvalue weighted by Gasteiger charge is 2.29. The molecule has 1 aliphatic heterocycles. The molecule has 1 aromatic rings. The van der Waals surface area contributed by atoms with Crippen LogP contribution >= 0.6 is 15.9 Å². The van der Waals surface area contributed by atoms with Crippen LogP contribution in [0.2, 0.25) is 0 Å². The number of rotatable bonds is 3. The molecule has 0 saturated carbocycles. The highest BCUT2D eigenvalue weighted by atomic mass is 79.9. The molecule has 7 heteroatoms. The van der Waals surface area contributed by atoms with Crippen LogP contribution in [0.4, 0.5) is 5.69 Å². The normalized spacial score (nSPS) is 16.9. The van der Waals surface area contributed by atoms with Crippen LogP contribution in [0, 0.1) is 0 Å². The van der Waals surface area contributed by atoms with Crippen LogP contribution in [0.25, 0.3) is 0 Å². The van der Waals surface area contributed by atoms with Gasteiger partial charge in [0.1, 0.15) is 12.0 Å². The van der Waals surface area contributed by atoms with Crippen molar-refractivity contribution in [1.82, 2.24) is 0 Å². The van der Waals surface area contributed by atoms with Crippen LogP contribution in [0.1, 0.15) is 13.8 Å². The second-order valence-electron chi connectivity index (χ2n) is 4.74. The predicted molar refractivity (Wildman–Crippen MR) is 83.9 cm³/mol. The Morgan fingerprint density at radius 3 is 2.50 bits per heavy atom. The Hall–Kier alpha value is -1.76. The van der Waals surface area contributed by atoms with Gasteiger partial charge in [0.25, 0.3) is 0 Å². The largest absolute Gasteiger partial charge is 0.493 e. The molecule has 0 unspecified atom stereocenters. The number of guanidine groups is 1. The molecule has 1 aromatic carbocycles. The molecular weight excluding hydrogens is 324 g/mol. The molecule has 0 aliphatic carbocycles. The Labute approximate surface area is 126 Å². The van der Waals surface area contributed by atoms with Crippen LogP contribution in [0.3, 0.4) is 0 Å². The summed E-state index contributed by atoms with van der Waals surface area (Å²) in [6.45, 7) is 3.91. The third-order valence-electron chi connectivity index (χ3n) is 2.98. The molecular formula is C13H17BrN4O2. The summed E-state index contributed by atoms with van der Waals surface area (Å²) >= 11 is 3.48. The summed E-state index contributed by atoms with van der Waals surface area (Å²) in [4.78, 5) is 10.3. The average Bonchev–Trinajstić information content (AvgIpc) is 2.36. The van der Waals surface area contributed by atoms with Crippen molar-refractivity contribution >= 4 is 33.9 Å². The van der Waals surface area contributed by atoms with E-state index in [0.717, 1.165) is 10.2 Å². The Morgan fingerprint density at radius 1 is 1.25 bits per heavy atom. The first-order valence-corrected chi connectivity index (χ1v) is 6.78. The molecule has 1 aliphatic rings. The van der Waals surface area contributed by atoms with Crippen LogP contribution in [-0.4, -0.2) is 32.2 Å². The maximum atomic E-state index is 5.65. The smallest absolute Gasteiger partial charge is 0.219 e. The molecule has 0 radical (unpaired) electrons. The number of aliphatic imine (C=N–C) groups is 2. The van der Waals surface area contributed by atoms with Crippen molar-refractivity contribution in [2.75, 3.05) is 19.1 Å². The summed E-state index contributed by atoms with van der Waals surface area (Å²) in [5, 5.41) is 0. The van der Waals surface area contributed by atoms with Crippen molar-refractivity contribution < 1.29 is 9.47 Å². The van der Waals surface area contributed by atoms with E-state index in [0.29, 0.717) is 11.5 Å². The lowest BCUT2D eigenvalue weighted by Gasteiger charge is -2.36. The lowest BCUT2D eigenvalue weighted by Crippen LogP contribution is -2.46. The molecule has 20 heavy (non-hydrogen) atoms. The minimum atomic E-state index is -0.523. The molecule has 2 N–H and O–H groups in total. The van der Waals surface area contributed by atoms with Crippen molar-refractivity contribution in [1.29, 1.82) is 0 Å². The molecule has 0 amide bonds. The number of hydrogen-bond acceptors (Lipinski definition) is 6. The Bertz CT molecular complexity index is 584. The van der Waals surface area contributed by atoms with Gasteiger partial charge in [0.05, 0.1) is 18.7 Å². The molecule has 0 bridgehead atoms. The van der Waals surface area contributed by atoms with E-state index in [1.54, 1.807) is 20.6 Å². The van der Waals surface area contributed by atoms with Gasteiger partial charge in [0.2, 0.25) is 5.96 Å². The van der Waals surface area contributed by atoms with Gasteiger partial charge in [0.15, 0.2) is 11.5 Å². The second-order valence-corrected chi connectivity index (χ2v) is 5.60. The second kappa shape index (κ2) is 5.32. The first-order chi connectivity index (χ1) is 9.39. The Morgan fingerprint density at radius 2 is 1.95 bits per heavy atom. The third kappa shape index (κ3) is 2.58. The number of anilines is 1. The van der Waals surface area contributed by atoms with Crippen molar-refractivity contribution in [3.63, 3.8) is 0 Å². The van der Waals surface area contributed by atoms with E-state index >= 15 is 0 Å². The third-order valence-corrected chi connectivity index (χ3v) is 3.57. The maximum Gasteiger partial charge on any atom is 0.219 e. The zero-order valence-electron chi connectivity index (χ0n) is 11.8. The molecule has 2 rings (SSSR count). The molecule has 1 heterocycles. The van der Waals surface area contributed by atoms with Crippen molar-refractivity contribution in [3.8, 4) is 11.5 Å². The Kier molecular flexibility index (Phi) is 3.89. The van der Waals surface area contributed by atoms with E-state index in [4.69, 9.17) is 15.2 Å². The number of nitrogens with two attached hydrogens (primary N) is 1. The lowest BCUT2D eigenvalue weighted by atomic mass is 10.1. The summed E-state index contributed by atoms with van der Waals surface area (Å²) < 4.78 is 11.5. The molecule has 0 fully saturated rings. The van der Waals surface area contributed by atoms with Crippen LogP contribution in [0.5, 0.6) is 11.5 Å². The van der Waals surface area contributed by atoms with E-state index in [1.807, 2.05) is 30.9 Å². The number of methoxy groups -OCH3 is 2. The molecule has 108 valence electrons. The van der Waals surface area contributed by atoms with E-state index in [2.05, 4.69) is 25.9 Å². The zero-order valence-corrected chi connectivity index (χ0v) is 13.4. The minimum Gasteiger partial charge on any atom is -0.493 e. The summed E-state index contributed by atoms with van der Waals surface area (Å²) in [5.74, 6) is 1.54. The first kappa shape index (κ1) is 14.6. The van der Waals surface area contributed by atoms with Gasteiger partial charge in [-0.05, 0) is 35.8 Å².